The van der Waals surface area contributed by atoms with E-state index in [-0.39, 0.29) is 23.7 Å². The quantitative estimate of drug-likeness (QED) is 0.519. The summed E-state index contributed by atoms with van der Waals surface area (Å²) >= 11 is 10.2. The van der Waals surface area contributed by atoms with Crippen LogP contribution >= 0.6 is 34.7 Å². The number of pyridine rings is 1. The average molecular weight is 498 g/mol. The average Bonchev–Trinajstić information content (AvgIpc) is 3.44. The minimum atomic E-state index is -0.0651. The number of nitrogens with zero attached hydrogens (tertiary/aromatic N) is 2. The second-order valence-electron chi connectivity index (χ2n) is 9.15. The number of halogens is 1. The number of hydrogen-bond acceptors (Lipinski definition) is 6. The van der Waals surface area contributed by atoms with Crippen LogP contribution in [0.1, 0.15) is 22.4 Å². The molecule has 0 spiro atoms. The number of carbonyl (C=O) groups is 2. The fraction of sp³-hybridized carbons (Fsp3) is 0.400. The Labute approximate surface area is 205 Å². The van der Waals surface area contributed by atoms with E-state index in [0.29, 0.717) is 11.8 Å². The van der Waals surface area contributed by atoms with E-state index >= 15 is 0 Å². The van der Waals surface area contributed by atoms with Crippen LogP contribution in [0.3, 0.4) is 0 Å². The molecule has 6 rings (SSSR count). The molecular formula is C25H24ClN3O2S2. The monoisotopic (exact) mass is 497 g/mol. The van der Waals surface area contributed by atoms with Crippen LogP contribution < -0.4 is 5.32 Å². The zero-order valence-corrected chi connectivity index (χ0v) is 20.7. The first-order valence-corrected chi connectivity index (χ1v) is 13.6. The third kappa shape index (κ3) is 3.89. The Morgan fingerprint density at radius 3 is 2.76 bits per heavy atom. The Hall–Kier alpha value is -1.93. The van der Waals surface area contributed by atoms with Crippen molar-refractivity contribution < 1.29 is 9.59 Å². The van der Waals surface area contributed by atoms with Crippen molar-refractivity contribution in [2.24, 2.45) is 11.8 Å². The predicted molar refractivity (Wildman–Crippen MR) is 135 cm³/mol. The third-order valence-corrected chi connectivity index (χ3v) is 9.50. The van der Waals surface area contributed by atoms with E-state index in [1.54, 1.807) is 11.3 Å². The number of amides is 2. The van der Waals surface area contributed by atoms with Gasteiger partial charge in [-0.25, -0.2) is 0 Å². The van der Waals surface area contributed by atoms with Crippen molar-refractivity contribution in [1.29, 1.82) is 0 Å². The van der Waals surface area contributed by atoms with Crippen LogP contribution in [0.2, 0.25) is 5.02 Å². The third-order valence-electron chi connectivity index (χ3n) is 6.90. The van der Waals surface area contributed by atoms with Crippen molar-refractivity contribution in [3.63, 3.8) is 0 Å². The molecule has 2 saturated heterocycles. The summed E-state index contributed by atoms with van der Waals surface area (Å²) in [5.41, 5.74) is 5.70. The maximum absolute atomic E-state index is 12.4. The first-order valence-electron chi connectivity index (χ1n) is 11.3. The number of thioether (sulfide) groups is 1. The number of imide groups is 1. The number of piperidine rings is 1. The molecule has 3 atom stereocenters. The second kappa shape index (κ2) is 8.38. The van der Waals surface area contributed by atoms with Crippen LogP contribution in [-0.4, -0.2) is 45.8 Å². The SMILES string of the molecule is Cc1cc(Cl)cc(-c2ccnc3cc(CN4C(=O)C5CC5C4=O)sc23)c1CC1CNCCS1. The van der Waals surface area contributed by atoms with Crippen LogP contribution in [0.25, 0.3) is 21.3 Å². The fourth-order valence-electron chi connectivity index (χ4n) is 5.10. The number of likely N-dealkylation sites (tertiary alicyclic amines) is 1. The molecule has 3 fully saturated rings. The number of fused-ring (bicyclic) bond motifs is 2. The van der Waals surface area contributed by atoms with Crippen LogP contribution in [0.4, 0.5) is 0 Å². The summed E-state index contributed by atoms with van der Waals surface area (Å²) < 4.78 is 1.08. The number of thiophene rings is 1. The Bertz CT molecular complexity index is 1260. The number of aromatic nitrogens is 1. The molecule has 170 valence electrons. The lowest BCUT2D eigenvalue weighted by molar-refractivity contribution is -0.141. The summed E-state index contributed by atoms with van der Waals surface area (Å²) in [5.74, 6) is 0.981. The van der Waals surface area contributed by atoms with Gasteiger partial charge in [0.1, 0.15) is 0 Å². The summed E-state index contributed by atoms with van der Waals surface area (Å²) in [6, 6.07) is 8.20. The van der Waals surface area contributed by atoms with E-state index in [2.05, 4.69) is 35.4 Å². The minimum absolute atomic E-state index is 0.0121. The molecule has 3 aromatic rings. The Morgan fingerprint density at radius 1 is 1.18 bits per heavy atom. The lowest BCUT2D eigenvalue weighted by Gasteiger charge is -2.24. The molecule has 1 saturated carbocycles. The molecule has 1 aliphatic carbocycles. The second-order valence-corrected chi connectivity index (χ2v) is 12.1. The van der Waals surface area contributed by atoms with Crippen LogP contribution in [0.5, 0.6) is 0 Å². The molecule has 1 aromatic carbocycles. The molecule has 3 aliphatic rings. The van der Waals surface area contributed by atoms with Gasteiger partial charge in [-0.3, -0.25) is 19.5 Å². The van der Waals surface area contributed by atoms with Crippen molar-refractivity contribution >= 4 is 56.7 Å². The molecule has 4 heterocycles. The fourth-order valence-corrected chi connectivity index (χ4v) is 7.62. The van der Waals surface area contributed by atoms with Gasteiger partial charge in [0.05, 0.1) is 28.6 Å². The lowest BCUT2D eigenvalue weighted by atomic mass is 9.93. The van der Waals surface area contributed by atoms with Crippen molar-refractivity contribution in [1.82, 2.24) is 15.2 Å². The first kappa shape index (κ1) is 21.6. The molecule has 1 N–H and O–H groups in total. The van der Waals surface area contributed by atoms with Crippen molar-refractivity contribution in [2.75, 3.05) is 18.8 Å². The number of benzene rings is 1. The number of rotatable bonds is 5. The summed E-state index contributed by atoms with van der Waals surface area (Å²) in [6.07, 6.45) is 3.56. The van der Waals surface area contributed by atoms with E-state index in [4.69, 9.17) is 11.6 Å². The molecular weight excluding hydrogens is 474 g/mol. The minimum Gasteiger partial charge on any atom is -0.315 e. The summed E-state index contributed by atoms with van der Waals surface area (Å²) in [7, 11) is 0. The first-order chi connectivity index (χ1) is 16.0. The van der Waals surface area contributed by atoms with Gasteiger partial charge in [0, 0.05) is 45.8 Å². The van der Waals surface area contributed by atoms with Gasteiger partial charge in [0.2, 0.25) is 11.8 Å². The summed E-state index contributed by atoms with van der Waals surface area (Å²) in [4.78, 5) is 31.9. The van der Waals surface area contributed by atoms with E-state index in [1.165, 1.54) is 16.0 Å². The van der Waals surface area contributed by atoms with E-state index in [9.17, 15) is 9.59 Å². The van der Waals surface area contributed by atoms with E-state index < -0.39 is 0 Å². The summed E-state index contributed by atoms with van der Waals surface area (Å²) in [5, 5.41) is 4.78. The van der Waals surface area contributed by atoms with Crippen molar-refractivity contribution in [3.05, 3.63) is 51.5 Å². The molecule has 2 aromatic heterocycles. The standard InChI is InChI=1S/C25H24ClN3O2S2/c1-13-6-14(26)7-19(18(13)8-15-11-27-4-5-32-15)17-2-3-28-22-9-16(33-23(17)22)12-29-24(30)20-10-21(20)25(29)31/h2-3,6-7,9,15,20-21,27H,4-5,8,10-12H2,1H3. The molecule has 5 nitrogen and oxygen atoms in total. The number of carbonyl (C=O) groups excluding carboxylic acids is 2. The molecule has 8 heteroatoms. The number of nitrogens with one attached hydrogen (secondary N) is 1. The lowest BCUT2D eigenvalue weighted by Crippen LogP contribution is -2.34. The van der Waals surface area contributed by atoms with Gasteiger partial charge in [-0.15, -0.1) is 11.3 Å². The Morgan fingerprint density at radius 2 is 2.00 bits per heavy atom. The van der Waals surface area contributed by atoms with Gasteiger partial charge >= 0.3 is 0 Å². The molecule has 2 aliphatic heterocycles. The van der Waals surface area contributed by atoms with Gasteiger partial charge in [-0.1, -0.05) is 11.6 Å². The van der Waals surface area contributed by atoms with Crippen molar-refractivity contribution in [2.45, 2.75) is 31.6 Å². The number of aryl methyl sites for hydroxylation is 1. The molecule has 33 heavy (non-hydrogen) atoms. The molecule has 3 unspecified atom stereocenters. The Kier molecular flexibility index (Phi) is 5.48. The topological polar surface area (TPSA) is 62.3 Å². The highest BCUT2D eigenvalue weighted by Gasteiger charge is 2.58. The van der Waals surface area contributed by atoms with Crippen LogP contribution in [0, 0.1) is 18.8 Å². The zero-order chi connectivity index (χ0) is 22.7. The molecule has 0 bridgehead atoms. The van der Waals surface area contributed by atoms with Gasteiger partial charge < -0.3 is 5.32 Å². The van der Waals surface area contributed by atoms with Gasteiger partial charge in [-0.2, -0.15) is 11.8 Å². The van der Waals surface area contributed by atoms with Gasteiger partial charge in [-0.05, 0) is 60.7 Å². The zero-order valence-electron chi connectivity index (χ0n) is 18.3. The summed E-state index contributed by atoms with van der Waals surface area (Å²) in [6.45, 7) is 4.57. The van der Waals surface area contributed by atoms with Gasteiger partial charge in [0.25, 0.3) is 0 Å². The highest BCUT2D eigenvalue weighted by atomic mass is 35.5. The predicted octanol–water partition coefficient (Wildman–Crippen LogP) is 4.68. The van der Waals surface area contributed by atoms with Gasteiger partial charge in [0.15, 0.2) is 0 Å². The highest BCUT2D eigenvalue weighted by molar-refractivity contribution is 8.00. The van der Waals surface area contributed by atoms with Crippen LogP contribution in [0.15, 0.2) is 30.5 Å². The molecule has 0 radical (unpaired) electrons. The highest BCUT2D eigenvalue weighted by Crippen LogP contribution is 2.48. The maximum Gasteiger partial charge on any atom is 0.233 e. The number of hydrogen-bond donors (Lipinski definition) is 1. The Balaban J connectivity index is 1.38. The van der Waals surface area contributed by atoms with E-state index in [1.807, 2.05) is 24.0 Å². The maximum atomic E-state index is 12.4. The van der Waals surface area contributed by atoms with Crippen molar-refractivity contribution in [3.8, 4) is 11.1 Å². The smallest absolute Gasteiger partial charge is 0.233 e. The van der Waals surface area contributed by atoms with E-state index in [0.717, 1.165) is 62.9 Å². The van der Waals surface area contributed by atoms with Crippen LogP contribution in [-0.2, 0) is 22.6 Å². The molecule has 2 amide bonds. The largest absolute Gasteiger partial charge is 0.315 e. The normalized spacial score (nSPS) is 24.5.